The van der Waals surface area contributed by atoms with Gasteiger partial charge in [0, 0.05) is 26.2 Å². The SMILES string of the molecule is CCC1CCN(C(=O)CCOC)C(CN)C1. The molecule has 0 aromatic carbocycles. The van der Waals surface area contributed by atoms with Crippen molar-refractivity contribution >= 4 is 5.91 Å². The van der Waals surface area contributed by atoms with Crippen LogP contribution in [0.3, 0.4) is 0 Å². The van der Waals surface area contributed by atoms with Gasteiger partial charge >= 0.3 is 0 Å². The van der Waals surface area contributed by atoms with Gasteiger partial charge < -0.3 is 15.4 Å². The number of ether oxygens (including phenoxy) is 1. The second-order valence-electron chi connectivity index (χ2n) is 4.52. The number of methoxy groups -OCH3 is 1. The van der Waals surface area contributed by atoms with E-state index >= 15 is 0 Å². The molecule has 0 spiro atoms. The Balaban J connectivity index is 2.49. The molecule has 1 fully saturated rings. The Labute approximate surface area is 98.1 Å². The summed E-state index contributed by atoms with van der Waals surface area (Å²) in [5, 5.41) is 0. The third-order valence-electron chi connectivity index (χ3n) is 3.51. The molecule has 0 aromatic heterocycles. The van der Waals surface area contributed by atoms with Crippen molar-refractivity contribution < 1.29 is 9.53 Å². The van der Waals surface area contributed by atoms with E-state index in [-0.39, 0.29) is 11.9 Å². The number of carbonyl (C=O) groups excluding carboxylic acids is 1. The first-order valence-electron chi connectivity index (χ1n) is 6.21. The van der Waals surface area contributed by atoms with Gasteiger partial charge in [0.05, 0.1) is 13.0 Å². The average molecular weight is 228 g/mol. The van der Waals surface area contributed by atoms with Gasteiger partial charge in [-0.3, -0.25) is 4.79 Å². The highest BCUT2D eigenvalue weighted by molar-refractivity contribution is 5.76. The molecule has 1 rings (SSSR count). The first-order valence-corrected chi connectivity index (χ1v) is 6.21. The van der Waals surface area contributed by atoms with Crippen LogP contribution in [-0.2, 0) is 9.53 Å². The lowest BCUT2D eigenvalue weighted by atomic mass is 9.88. The van der Waals surface area contributed by atoms with E-state index in [0.29, 0.717) is 19.6 Å². The van der Waals surface area contributed by atoms with Crippen LogP contribution in [0.2, 0.25) is 0 Å². The molecule has 2 N–H and O–H groups in total. The van der Waals surface area contributed by atoms with Crippen molar-refractivity contribution in [2.24, 2.45) is 11.7 Å². The summed E-state index contributed by atoms with van der Waals surface area (Å²) in [5.41, 5.74) is 5.75. The van der Waals surface area contributed by atoms with Crippen molar-refractivity contribution in [2.75, 3.05) is 26.8 Å². The molecule has 2 atom stereocenters. The van der Waals surface area contributed by atoms with E-state index in [1.165, 1.54) is 6.42 Å². The van der Waals surface area contributed by atoms with E-state index in [9.17, 15) is 4.79 Å². The van der Waals surface area contributed by atoms with Crippen LogP contribution in [0.4, 0.5) is 0 Å². The van der Waals surface area contributed by atoms with Gasteiger partial charge in [-0.05, 0) is 18.8 Å². The number of amides is 1. The molecule has 2 unspecified atom stereocenters. The number of rotatable bonds is 5. The molecule has 0 radical (unpaired) electrons. The van der Waals surface area contributed by atoms with Crippen LogP contribution in [0.15, 0.2) is 0 Å². The number of hydrogen-bond donors (Lipinski definition) is 1. The summed E-state index contributed by atoms with van der Waals surface area (Å²) in [7, 11) is 1.62. The van der Waals surface area contributed by atoms with E-state index in [4.69, 9.17) is 10.5 Å². The Bertz CT molecular complexity index is 221. The van der Waals surface area contributed by atoms with Crippen molar-refractivity contribution in [3.8, 4) is 0 Å². The summed E-state index contributed by atoms with van der Waals surface area (Å²) in [4.78, 5) is 13.9. The second-order valence-corrected chi connectivity index (χ2v) is 4.52. The Hall–Kier alpha value is -0.610. The Morgan fingerprint density at radius 2 is 2.31 bits per heavy atom. The number of likely N-dealkylation sites (tertiary alicyclic amines) is 1. The summed E-state index contributed by atoms with van der Waals surface area (Å²) in [6.45, 7) is 4.16. The lowest BCUT2D eigenvalue weighted by molar-refractivity contribution is -0.136. The summed E-state index contributed by atoms with van der Waals surface area (Å²) in [6, 6.07) is 0.239. The predicted octanol–water partition coefficient (Wildman–Crippen LogP) is 0.999. The van der Waals surface area contributed by atoms with Crippen LogP contribution >= 0.6 is 0 Å². The maximum Gasteiger partial charge on any atom is 0.225 e. The molecule has 0 aliphatic carbocycles. The van der Waals surface area contributed by atoms with Crippen LogP contribution in [0.1, 0.15) is 32.6 Å². The van der Waals surface area contributed by atoms with Gasteiger partial charge in [-0.2, -0.15) is 0 Å². The Kier molecular flexibility index (Phi) is 5.77. The van der Waals surface area contributed by atoms with Crippen LogP contribution in [-0.4, -0.2) is 43.7 Å². The van der Waals surface area contributed by atoms with Crippen molar-refractivity contribution in [1.29, 1.82) is 0 Å². The summed E-state index contributed by atoms with van der Waals surface area (Å²) < 4.78 is 4.94. The minimum absolute atomic E-state index is 0.187. The first kappa shape index (κ1) is 13.5. The maximum atomic E-state index is 11.9. The second kappa shape index (κ2) is 6.86. The normalized spacial score (nSPS) is 25.8. The van der Waals surface area contributed by atoms with Crippen LogP contribution in [0.25, 0.3) is 0 Å². The van der Waals surface area contributed by atoms with Gasteiger partial charge in [-0.15, -0.1) is 0 Å². The van der Waals surface area contributed by atoms with E-state index in [1.54, 1.807) is 7.11 Å². The molecule has 0 saturated carbocycles. The third-order valence-corrected chi connectivity index (χ3v) is 3.51. The highest BCUT2D eigenvalue weighted by Gasteiger charge is 2.29. The number of piperidine rings is 1. The van der Waals surface area contributed by atoms with Crippen molar-refractivity contribution in [3.63, 3.8) is 0 Å². The molecule has 1 saturated heterocycles. The van der Waals surface area contributed by atoms with E-state index in [0.717, 1.165) is 25.3 Å². The van der Waals surface area contributed by atoms with Crippen LogP contribution in [0, 0.1) is 5.92 Å². The molecular weight excluding hydrogens is 204 g/mol. The van der Waals surface area contributed by atoms with Crippen molar-refractivity contribution in [1.82, 2.24) is 4.90 Å². The highest BCUT2D eigenvalue weighted by Crippen LogP contribution is 2.25. The molecule has 1 heterocycles. The minimum atomic E-state index is 0.187. The van der Waals surface area contributed by atoms with Gasteiger partial charge in [0.15, 0.2) is 0 Å². The molecule has 4 nitrogen and oxygen atoms in total. The average Bonchev–Trinajstić information content (AvgIpc) is 2.34. The van der Waals surface area contributed by atoms with E-state index < -0.39 is 0 Å². The largest absolute Gasteiger partial charge is 0.384 e. The van der Waals surface area contributed by atoms with Gasteiger partial charge in [0.25, 0.3) is 0 Å². The Morgan fingerprint density at radius 1 is 1.56 bits per heavy atom. The summed E-state index contributed by atoms with van der Waals surface area (Å²) in [6.07, 6.45) is 3.85. The molecular formula is C12H24N2O2. The number of carbonyl (C=O) groups is 1. The number of hydrogen-bond acceptors (Lipinski definition) is 3. The summed E-state index contributed by atoms with van der Waals surface area (Å²) >= 11 is 0. The molecule has 16 heavy (non-hydrogen) atoms. The molecule has 1 aliphatic heterocycles. The fourth-order valence-electron chi connectivity index (χ4n) is 2.39. The fourth-order valence-corrected chi connectivity index (χ4v) is 2.39. The maximum absolute atomic E-state index is 11.9. The zero-order valence-electron chi connectivity index (χ0n) is 10.4. The van der Waals surface area contributed by atoms with Crippen molar-refractivity contribution in [2.45, 2.75) is 38.6 Å². The molecule has 0 bridgehead atoms. The van der Waals surface area contributed by atoms with E-state index in [1.807, 2.05) is 4.90 Å². The standard InChI is InChI=1S/C12H24N2O2/c1-3-10-4-6-14(11(8-10)9-13)12(15)5-7-16-2/h10-11H,3-9,13H2,1-2H3. The highest BCUT2D eigenvalue weighted by atomic mass is 16.5. The first-order chi connectivity index (χ1) is 7.72. The lowest BCUT2D eigenvalue weighted by Crippen LogP contribution is -2.49. The zero-order valence-corrected chi connectivity index (χ0v) is 10.4. The summed E-state index contributed by atoms with van der Waals surface area (Å²) in [5.74, 6) is 0.923. The molecule has 94 valence electrons. The van der Waals surface area contributed by atoms with Gasteiger partial charge in [0.1, 0.15) is 0 Å². The number of nitrogens with two attached hydrogens (primary N) is 1. The monoisotopic (exact) mass is 228 g/mol. The molecule has 1 aliphatic rings. The molecule has 0 aromatic rings. The lowest BCUT2D eigenvalue weighted by Gasteiger charge is -2.39. The Morgan fingerprint density at radius 3 is 2.88 bits per heavy atom. The molecule has 1 amide bonds. The predicted molar refractivity (Wildman–Crippen MR) is 64.1 cm³/mol. The third kappa shape index (κ3) is 3.46. The van der Waals surface area contributed by atoms with Gasteiger partial charge in [-0.1, -0.05) is 13.3 Å². The van der Waals surface area contributed by atoms with Gasteiger partial charge in [0.2, 0.25) is 5.91 Å². The number of nitrogens with zero attached hydrogens (tertiary/aromatic N) is 1. The topological polar surface area (TPSA) is 55.6 Å². The van der Waals surface area contributed by atoms with Crippen molar-refractivity contribution in [3.05, 3.63) is 0 Å². The van der Waals surface area contributed by atoms with E-state index in [2.05, 4.69) is 6.92 Å². The van der Waals surface area contributed by atoms with Gasteiger partial charge in [-0.25, -0.2) is 0 Å². The quantitative estimate of drug-likeness (QED) is 0.763. The smallest absolute Gasteiger partial charge is 0.225 e. The van der Waals surface area contributed by atoms with Crippen LogP contribution in [0.5, 0.6) is 0 Å². The van der Waals surface area contributed by atoms with Crippen LogP contribution < -0.4 is 5.73 Å². The molecule has 4 heteroatoms. The zero-order chi connectivity index (χ0) is 12.0. The minimum Gasteiger partial charge on any atom is -0.384 e. The fraction of sp³-hybridized carbons (Fsp3) is 0.917.